The Balaban J connectivity index is 1.52. The zero-order valence-electron chi connectivity index (χ0n) is 19.6. The molecule has 0 bridgehead atoms. The van der Waals surface area contributed by atoms with Gasteiger partial charge in [0.1, 0.15) is 11.3 Å². The molecule has 5 rings (SSSR count). The quantitative estimate of drug-likeness (QED) is 0.369. The number of imidazole rings is 1. The number of carbonyl (C=O) groups excluding carboxylic acids is 1. The summed E-state index contributed by atoms with van der Waals surface area (Å²) in [7, 11) is 1.59. The van der Waals surface area contributed by atoms with E-state index in [1.54, 1.807) is 56.0 Å². The van der Waals surface area contributed by atoms with Crippen molar-refractivity contribution in [3.63, 3.8) is 0 Å². The van der Waals surface area contributed by atoms with Gasteiger partial charge in [-0.2, -0.15) is 22.0 Å². The summed E-state index contributed by atoms with van der Waals surface area (Å²) in [6.45, 7) is 3.53. The van der Waals surface area contributed by atoms with Crippen molar-refractivity contribution >= 4 is 28.3 Å². The summed E-state index contributed by atoms with van der Waals surface area (Å²) in [6.07, 6.45) is -2.20. The van der Waals surface area contributed by atoms with Crippen LogP contribution in [0.1, 0.15) is 53.4 Å². The average Bonchev–Trinajstić information content (AvgIpc) is 3.41. The lowest BCUT2D eigenvalue weighted by molar-refractivity contribution is -0.289. The van der Waals surface area contributed by atoms with Gasteiger partial charge >= 0.3 is 12.1 Å². The van der Waals surface area contributed by atoms with Crippen molar-refractivity contribution in [2.24, 2.45) is 0 Å². The highest BCUT2D eigenvalue weighted by atomic mass is 19.4. The summed E-state index contributed by atoms with van der Waals surface area (Å²) < 4.78 is 68.6. The number of fused-ring (bicyclic) bond motifs is 4. The predicted octanol–water partition coefficient (Wildman–Crippen LogP) is 5.61. The molecule has 0 unspecified atom stereocenters. The fourth-order valence-corrected chi connectivity index (χ4v) is 4.99. The minimum Gasteiger partial charge on any atom is -0.382 e. The van der Waals surface area contributed by atoms with Gasteiger partial charge in [-0.05, 0) is 47.2 Å². The molecule has 1 aliphatic carbocycles. The zero-order valence-corrected chi connectivity index (χ0v) is 19.6. The van der Waals surface area contributed by atoms with E-state index in [4.69, 9.17) is 5.73 Å². The Labute approximate surface area is 202 Å². The highest BCUT2D eigenvalue weighted by Gasteiger charge is 2.59. The molecule has 6 nitrogen and oxygen atoms in total. The molecule has 0 spiro atoms. The van der Waals surface area contributed by atoms with Gasteiger partial charge in [0.2, 0.25) is 0 Å². The van der Waals surface area contributed by atoms with Gasteiger partial charge in [-0.1, -0.05) is 26.0 Å². The van der Waals surface area contributed by atoms with Gasteiger partial charge in [-0.25, -0.2) is 9.97 Å². The Morgan fingerprint density at radius 3 is 2.53 bits per heavy atom. The number of nitrogens with zero attached hydrogens (tertiary/aromatic N) is 4. The van der Waals surface area contributed by atoms with E-state index in [0.717, 1.165) is 12.1 Å². The van der Waals surface area contributed by atoms with Crippen LogP contribution in [0.15, 0.2) is 48.9 Å². The summed E-state index contributed by atoms with van der Waals surface area (Å²) in [5, 5.41) is 0. The Bertz CT molecular complexity index is 1520. The number of alkyl halides is 5. The van der Waals surface area contributed by atoms with E-state index in [1.807, 2.05) is 0 Å². The summed E-state index contributed by atoms with van der Waals surface area (Å²) in [5.41, 5.74) is 7.21. The highest BCUT2D eigenvalue weighted by molar-refractivity contribution is 5.98. The van der Waals surface area contributed by atoms with E-state index in [2.05, 4.69) is 9.97 Å². The molecule has 11 heteroatoms. The minimum atomic E-state index is -5.70. The third-order valence-corrected chi connectivity index (χ3v) is 6.98. The smallest absolute Gasteiger partial charge is 0.382 e. The molecule has 0 saturated carbocycles. The van der Waals surface area contributed by atoms with Gasteiger partial charge in [0, 0.05) is 18.2 Å². The van der Waals surface area contributed by atoms with E-state index in [0.29, 0.717) is 45.5 Å². The lowest BCUT2D eigenvalue weighted by Gasteiger charge is -2.27. The summed E-state index contributed by atoms with van der Waals surface area (Å²) in [4.78, 5) is 23.4. The number of nitrogen functional groups attached to an aromatic ring is 1. The van der Waals surface area contributed by atoms with Crippen LogP contribution in [-0.4, -0.2) is 38.4 Å². The maximum Gasteiger partial charge on any atom is 0.458 e. The topological polar surface area (TPSA) is 76.5 Å². The van der Waals surface area contributed by atoms with Crippen molar-refractivity contribution in [1.29, 1.82) is 0 Å². The van der Waals surface area contributed by atoms with Gasteiger partial charge in [-0.15, -0.1) is 0 Å². The van der Waals surface area contributed by atoms with Gasteiger partial charge < -0.3 is 10.6 Å². The Hall–Kier alpha value is -3.76. The molecule has 0 aliphatic heterocycles. The van der Waals surface area contributed by atoms with Gasteiger partial charge in [0.15, 0.2) is 0 Å². The Morgan fingerprint density at radius 2 is 1.83 bits per heavy atom. The van der Waals surface area contributed by atoms with Crippen LogP contribution >= 0.6 is 0 Å². The van der Waals surface area contributed by atoms with E-state index in [1.165, 1.54) is 11.0 Å². The van der Waals surface area contributed by atoms with Crippen molar-refractivity contribution in [2.45, 2.75) is 43.8 Å². The van der Waals surface area contributed by atoms with Crippen molar-refractivity contribution in [3.8, 4) is 0 Å². The molecule has 1 atom stereocenters. The fourth-order valence-electron chi connectivity index (χ4n) is 4.99. The molecule has 36 heavy (non-hydrogen) atoms. The van der Waals surface area contributed by atoms with E-state index in [-0.39, 0.29) is 5.91 Å². The molecule has 1 aliphatic rings. The van der Waals surface area contributed by atoms with Crippen LogP contribution in [0.4, 0.5) is 27.8 Å². The summed E-state index contributed by atoms with van der Waals surface area (Å²) in [6, 6.07) is 7.43. The molecular weight excluding hydrogens is 481 g/mol. The number of anilines is 1. The fraction of sp³-hybridized carbons (Fsp3) is 0.320. The van der Waals surface area contributed by atoms with Crippen molar-refractivity contribution in [1.82, 2.24) is 19.3 Å². The number of nitrogens with two attached hydrogens (primary N) is 1. The molecule has 188 valence electrons. The van der Waals surface area contributed by atoms with Gasteiger partial charge in [0.25, 0.3) is 5.91 Å². The van der Waals surface area contributed by atoms with Crippen LogP contribution in [0.3, 0.4) is 0 Å². The second-order valence-electron chi connectivity index (χ2n) is 9.74. The number of carbonyl (C=O) groups is 1. The van der Waals surface area contributed by atoms with Crippen LogP contribution < -0.4 is 5.73 Å². The standard InChI is InChI=1S/C25H22F5N5O/c1-23(2)10-19(15-6-5-14(9-16(15)23)24(26,27)25(28,29)30)34(3)22(36)13-4-7-17-18(8-13)35-12-32-11-20(35)21(31)33-17/h4-9,11-12,19H,10H2,1-3H3,(H2,31,33)/t19-/m1/s1. The molecular formula is C25H22F5N5O. The number of aromatic nitrogens is 3. The molecule has 2 N–H and O–H groups in total. The van der Waals surface area contributed by atoms with Gasteiger partial charge in [0.05, 0.1) is 29.6 Å². The second kappa shape index (κ2) is 7.62. The maximum absolute atomic E-state index is 14.0. The zero-order chi connectivity index (χ0) is 26.2. The van der Waals surface area contributed by atoms with Crippen LogP contribution in [0, 0.1) is 0 Å². The molecule has 0 fully saturated rings. The Morgan fingerprint density at radius 1 is 1.11 bits per heavy atom. The largest absolute Gasteiger partial charge is 0.458 e. The maximum atomic E-state index is 14.0. The average molecular weight is 503 g/mol. The first-order valence-electron chi connectivity index (χ1n) is 11.1. The molecule has 2 heterocycles. The van der Waals surface area contributed by atoms with Crippen molar-refractivity contribution < 1.29 is 26.7 Å². The van der Waals surface area contributed by atoms with Crippen LogP contribution in [-0.2, 0) is 11.3 Å². The second-order valence-corrected chi connectivity index (χ2v) is 9.74. The number of hydrogen-bond donors (Lipinski definition) is 1. The molecule has 4 aromatic rings. The summed E-state index contributed by atoms with van der Waals surface area (Å²) in [5.74, 6) is -5.00. The third kappa shape index (κ3) is 3.48. The predicted molar refractivity (Wildman–Crippen MR) is 124 cm³/mol. The highest BCUT2D eigenvalue weighted by Crippen LogP contribution is 2.50. The van der Waals surface area contributed by atoms with E-state index < -0.39 is 29.1 Å². The number of halogens is 5. The first kappa shape index (κ1) is 24.0. The SMILES string of the molecule is CN(C(=O)c1ccc2nc(N)c3cncn3c2c1)[C@@H]1CC(C)(C)c2cc(C(F)(F)C(F)(F)F)ccc21. The lowest BCUT2D eigenvalue weighted by atomic mass is 9.85. The molecule has 2 aromatic heterocycles. The summed E-state index contributed by atoms with van der Waals surface area (Å²) >= 11 is 0. The van der Waals surface area contributed by atoms with Crippen LogP contribution in [0.2, 0.25) is 0 Å². The molecule has 0 saturated heterocycles. The first-order valence-corrected chi connectivity index (χ1v) is 11.1. The van der Waals surface area contributed by atoms with Crippen molar-refractivity contribution in [3.05, 3.63) is 71.2 Å². The normalized spacial score (nSPS) is 17.5. The first-order chi connectivity index (χ1) is 16.7. The monoisotopic (exact) mass is 503 g/mol. The van der Waals surface area contributed by atoms with Crippen LogP contribution in [0.5, 0.6) is 0 Å². The third-order valence-electron chi connectivity index (χ3n) is 6.98. The lowest BCUT2D eigenvalue weighted by Crippen LogP contribution is -2.34. The molecule has 2 aromatic carbocycles. The number of rotatable bonds is 3. The number of amides is 1. The van der Waals surface area contributed by atoms with E-state index >= 15 is 0 Å². The number of benzene rings is 2. The van der Waals surface area contributed by atoms with E-state index in [9.17, 15) is 26.7 Å². The minimum absolute atomic E-state index is 0.302. The molecule has 0 radical (unpaired) electrons. The molecule has 1 amide bonds. The van der Waals surface area contributed by atoms with Crippen molar-refractivity contribution in [2.75, 3.05) is 12.8 Å². The Kier molecular flexibility index (Phi) is 5.07. The van der Waals surface area contributed by atoms with Crippen LogP contribution in [0.25, 0.3) is 16.6 Å². The number of hydrogen-bond acceptors (Lipinski definition) is 4. The van der Waals surface area contributed by atoms with Gasteiger partial charge in [-0.3, -0.25) is 9.20 Å².